The van der Waals surface area contributed by atoms with E-state index in [1.807, 2.05) is 27.7 Å². The van der Waals surface area contributed by atoms with Gasteiger partial charge in [0.05, 0.1) is 12.1 Å². The van der Waals surface area contributed by atoms with Crippen molar-refractivity contribution < 1.29 is 14.3 Å². The van der Waals surface area contributed by atoms with Gasteiger partial charge >= 0.3 is 5.97 Å². The highest BCUT2D eigenvalue weighted by Crippen LogP contribution is 2.09. The lowest BCUT2D eigenvalue weighted by atomic mass is 10.0. The van der Waals surface area contributed by atoms with E-state index in [0.29, 0.717) is 6.42 Å². The van der Waals surface area contributed by atoms with Gasteiger partial charge in [-0.2, -0.15) is 0 Å². The molecular formula is C14H28N2O3. The summed E-state index contributed by atoms with van der Waals surface area (Å²) in [6.07, 6.45) is 0.347. The van der Waals surface area contributed by atoms with E-state index in [0.717, 1.165) is 0 Å². The summed E-state index contributed by atoms with van der Waals surface area (Å²) in [5, 5.41) is 2.70. The van der Waals surface area contributed by atoms with Crippen LogP contribution in [0.5, 0.6) is 0 Å². The molecule has 0 fully saturated rings. The van der Waals surface area contributed by atoms with Crippen LogP contribution in [-0.2, 0) is 14.3 Å². The normalized spacial score (nSPS) is 14.6. The number of esters is 1. The predicted octanol–water partition coefficient (Wildman–Crippen LogP) is 1.45. The van der Waals surface area contributed by atoms with Crippen molar-refractivity contribution in [2.75, 3.05) is 0 Å². The Morgan fingerprint density at radius 2 is 1.63 bits per heavy atom. The Morgan fingerprint density at radius 1 is 1.11 bits per heavy atom. The van der Waals surface area contributed by atoms with Crippen molar-refractivity contribution in [1.82, 2.24) is 5.32 Å². The van der Waals surface area contributed by atoms with Crippen LogP contribution in [0, 0.1) is 11.8 Å². The van der Waals surface area contributed by atoms with Crippen LogP contribution in [-0.4, -0.2) is 30.1 Å². The lowest BCUT2D eigenvalue weighted by molar-refractivity contribution is -0.152. The van der Waals surface area contributed by atoms with Crippen LogP contribution in [0.2, 0.25) is 0 Å². The zero-order valence-electron chi connectivity index (χ0n) is 12.9. The molecule has 5 heteroatoms. The number of hydrogen-bond donors (Lipinski definition) is 2. The van der Waals surface area contributed by atoms with Crippen LogP contribution in [0.25, 0.3) is 0 Å². The third-order valence-electron chi connectivity index (χ3n) is 2.68. The second-order valence-corrected chi connectivity index (χ2v) is 5.95. The zero-order chi connectivity index (χ0) is 15.2. The van der Waals surface area contributed by atoms with Gasteiger partial charge in [-0.15, -0.1) is 0 Å². The molecule has 0 aliphatic carbocycles. The molecule has 112 valence electrons. The molecule has 0 bridgehead atoms. The Kier molecular flexibility index (Phi) is 7.68. The quantitative estimate of drug-likeness (QED) is 0.687. The molecule has 1 amide bonds. The van der Waals surface area contributed by atoms with Gasteiger partial charge in [-0.05, 0) is 32.1 Å². The zero-order valence-corrected chi connectivity index (χ0v) is 12.9. The first-order valence-corrected chi connectivity index (χ1v) is 6.91. The average molecular weight is 272 g/mol. The highest BCUT2D eigenvalue weighted by atomic mass is 16.5. The molecule has 0 aromatic heterocycles. The molecule has 0 aromatic rings. The summed E-state index contributed by atoms with van der Waals surface area (Å²) in [5.74, 6) is -0.393. The van der Waals surface area contributed by atoms with Gasteiger partial charge in [0.15, 0.2) is 0 Å². The highest BCUT2D eigenvalue weighted by molar-refractivity contribution is 5.87. The van der Waals surface area contributed by atoms with Gasteiger partial charge in [0.1, 0.15) is 6.04 Å². The lowest BCUT2D eigenvalue weighted by Crippen LogP contribution is -2.51. The molecule has 19 heavy (non-hydrogen) atoms. The first kappa shape index (κ1) is 17.9. The van der Waals surface area contributed by atoms with Crippen molar-refractivity contribution in [3.63, 3.8) is 0 Å². The largest absolute Gasteiger partial charge is 0.461 e. The van der Waals surface area contributed by atoms with Gasteiger partial charge in [0.2, 0.25) is 5.91 Å². The van der Waals surface area contributed by atoms with Gasteiger partial charge in [-0.3, -0.25) is 4.79 Å². The average Bonchev–Trinajstić information content (AvgIpc) is 2.25. The smallest absolute Gasteiger partial charge is 0.328 e. The molecular weight excluding hydrogens is 244 g/mol. The van der Waals surface area contributed by atoms with Crippen LogP contribution in [0.1, 0.15) is 48.0 Å². The van der Waals surface area contributed by atoms with Gasteiger partial charge in [-0.25, -0.2) is 4.79 Å². The predicted molar refractivity (Wildman–Crippen MR) is 75.4 cm³/mol. The number of amides is 1. The van der Waals surface area contributed by atoms with Crippen molar-refractivity contribution >= 4 is 11.9 Å². The summed E-state index contributed by atoms with van der Waals surface area (Å²) in [4.78, 5) is 23.9. The maximum atomic E-state index is 11.9. The van der Waals surface area contributed by atoms with E-state index in [9.17, 15) is 9.59 Å². The topological polar surface area (TPSA) is 81.4 Å². The second-order valence-electron chi connectivity index (χ2n) is 5.95. The number of hydrogen-bond acceptors (Lipinski definition) is 4. The fraction of sp³-hybridized carbons (Fsp3) is 0.857. The molecule has 0 saturated heterocycles. The van der Waals surface area contributed by atoms with Crippen molar-refractivity contribution in [2.45, 2.75) is 66.2 Å². The van der Waals surface area contributed by atoms with Gasteiger partial charge in [0, 0.05) is 0 Å². The first-order valence-electron chi connectivity index (χ1n) is 6.91. The molecule has 0 radical (unpaired) electrons. The molecule has 0 aliphatic rings. The first-order chi connectivity index (χ1) is 8.65. The van der Waals surface area contributed by atoms with E-state index in [4.69, 9.17) is 10.5 Å². The molecule has 0 aromatic carbocycles. The molecule has 2 atom stereocenters. The standard InChI is InChI=1S/C14H28N2O3/c1-8(2)7-11(14(18)19-10(5)6)16-13(17)12(15)9(3)4/h8-12H,7,15H2,1-6H3,(H,16,17)/t11-,12-/m0/s1. The second kappa shape index (κ2) is 8.15. The minimum absolute atomic E-state index is 0.0285. The number of nitrogens with two attached hydrogens (primary N) is 1. The Bertz CT molecular complexity index is 301. The van der Waals surface area contributed by atoms with E-state index < -0.39 is 18.1 Å². The van der Waals surface area contributed by atoms with Gasteiger partial charge in [-0.1, -0.05) is 27.7 Å². The monoisotopic (exact) mass is 272 g/mol. The number of nitrogens with one attached hydrogen (secondary N) is 1. The summed E-state index contributed by atoms with van der Waals surface area (Å²) in [7, 11) is 0. The minimum atomic E-state index is -0.625. The summed E-state index contributed by atoms with van der Waals surface area (Å²) in [6.45, 7) is 11.3. The number of ether oxygens (including phenoxy) is 1. The Hall–Kier alpha value is -1.10. The number of carbonyl (C=O) groups excluding carboxylic acids is 2. The Labute approximate surface area is 116 Å². The molecule has 0 spiro atoms. The van der Waals surface area contributed by atoms with Gasteiger partial charge < -0.3 is 15.8 Å². The SMILES string of the molecule is CC(C)C[C@H](NC(=O)[C@@H](N)C(C)C)C(=O)OC(C)C. The summed E-state index contributed by atoms with van der Waals surface area (Å²) < 4.78 is 5.16. The molecule has 0 rings (SSSR count). The lowest BCUT2D eigenvalue weighted by Gasteiger charge is -2.23. The number of carbonyl (C=O) groups is 2. The van der Waals surface area contributed by atoms with Crippen molar-refractivity contribution in [2.24, 2.45) is 17.6 Å². The number of rotatable bonds is 7. The van der Waals surface area contributed by atoms with Crippen LogP contribution in [0.4, 0.5) is 0 Å². The third-order valence-corrected chi connectivity index (χ3v) is 2.68. The Morgan fingerprint density at radius 3 is 2.00 bits per heavy atom. The Balaban J connectivity index is 4.68. The van der Waals surface area contributed by atoms with E-state index in [1.165, 1.54) is 0 Å². The molecule has 5 nitrogen and oxygen atoms in total. The van der Waals surface area contributed by atoms with Crippen LogP contribution in [0.15, 0.2) is 0 Å². The minimum Gasteiger partial charge on any atom is -0.461 e. The van der Waals surface area contributed by atoms with Crippen LogP contribution >= 0.6 is 0 Å². The third kappa shape index (κ3) is 7.15. The molecule has 0 heterocycles. The van der Waals surface area contributed by atoms with E-state index >= 15 is 0 Å². The van der Waals surface area contributed by atoms with Crippen LogP contribution < -0.4 is 11.1 Å². The fourth-order valence-electron chi connectivity index (χ4n) is 1.57. The van der Waals surface area contributed by atoms with E-state index in [1.54, 1.807) is 13.8 Å². The van der Waals surface area contributed by atoms with E-state index in [-0.39, 0.29) is 23.8 Å². The van der Waals surface area contributed by atoms with Gasteiger partial charge in [0.25, 0.3) is 0 Å². The highest BCUT2D eigenvalue weighted by Gasteiger charge is 2.27. The molecule has 0 unspecified atom stereocenters. The molecule has 3 N–H and O–H groups in total. The van der Waals surface area contributed by atoms with Crippen LogP contribution in [0.3, 0.4) is 0 Å². The maximum Gasteiger partial charge on any atom is 0.328 e. The molecule has 0 saturated carbocycles. The summed E-state index contributed by atoms with van der Waals surface area (Å²) in [5.41, 5.74) is 5.78. The van der Waals surface area contributed by atoms with E-state index in [2.05, 4.69) is 5.32 Å². The fourth-order valence-corrected chi connectivity index (χ4v) is 1.57. The summed E-state index contributed by atoms with van der Waals surface area (Å²) >= 11 is 0. The molecule has 0 aliphatic heterocycles. The van der Waals surface area contributed by atoms with Crippen molar-refractivity contribution in [3.8, 4) is 0 Å². The summed E-state index contributed by atoms with van der Waals surface area (Å²) in [6, 6.07) is -1.23. The van der Waals surface area contributed by atoms with Crippen molar-refractivity contribution in [3.05, 3.63) is 0 Å². The van der Waals surface area contributed by atoms with Crippen molar-refractivity contribution in [1.29, 1.82) is 0 Å². The maximum absolute atomic E-state index is 11.9.